The minimum Gasteiger partial charge on any atom is -0.377 e. The molecule has 6 heteroatoms. The van der Waals surface area contributed by atoms with E-state index in [0.29, 0.717) is 11.3 Å². The summed E-state index contributed by atoms with van der Waals surface area (Å²) in [5.74, 6) is 0.0154. The molecule has 1 aliphatic rings. The molecule has 1 saturated heterocycles. The molecule has 0 aliphatic carbocycles. The Bertz CT molecular complexity index is 857. The average Bonchev–Trinajstić information content (AvgIpc) is 3.22. The highest BCUT2D eigenvalue weighted by molar-refractivity contribution is 6.04. The second-order valence-corrected chi connectivity index (χ2v) is 7.22. The van der Waals surface area contributed by atoms with E-state index < -0.39 is 0 Å². The van der Waals surface area contributed by atoms with Gasteiger partial charge >= 0.3 is 6.03 Å². The van der Waals surface area contributed by atoms with Gasteiger partial charge in [-0.15, -0.1) is 0 Å². The van der Waals surface area contributed by atoms with Gasteiger partial charge in [-0.1, -0.05) is 25.1 Å². The standard InChI is InChI=1S/C22H28N4O2/c1-4-16-9-5-6-10-19(16)24-22(28)23-17-11-12-20(25(2)3)18(15-17)21(27)26-13-7-8-14-26/h5-6,9-12,15H,4,7-8,13-14H2,1-3H3,(H2,23,24,28). The fourth-order valence-corrected chi connectivity index (χ4v) is 3.50. The van der Waals surface area contributed by atoms with Crippen LogP contribution in [0.2, 0.25) is 0 Å². The monoisotopic (exact) mass is 380 g/mol. The minimum absolute atomic E-state index is 0.0154. The molecule has 6 nitrogen and oxygen atoms in total. The number of para-hydroxylation sites is 1. The van der Waals surface area contributed by atoms with E-state index in [1.165, 1.54) is 0 Å². The number of nitrogens with one attached hydrogen (secondary N) is 2. The Morgan fingerprint density at radius 3 is 2.43 bits per heavy atom. The summed E-state index contributed by atoms with van der Waals surface area (Å²) >= 11 is 0. The predicted octanol–water partition coefficient (Wildman–Crippen LogP) is 4.20. The summed E-state index contributed by atoms with van der Waals surface area (Å²) in [7, 11) is 3.83. The van der Waals surface area contributed by atoms with Crippen LogP contribution in [0.25, 0.3) is 0 Å². The highest BCUT2D eigenvalue weighted by atomic mass is 16.2. The smallest absolute Gasteiger partial charge is 0.323 e. The van der Waals surface area contributed by atoms with Gasteiger partial charge in [-0.05, 0) is 49.1 Å². The molecule has 1 fully saturated rings. The zero-order valence-electron chi connectivity index (χ0n) is 16.8. The topological polar surface area (TPSA) is 64.7 Å². The number of urea groups is 1. The number of carbonyl (C=O) groups is 2. The van der Waals surface area contributed by atoms with E-state index in [9.17, 15) is 9.59 Å². The van der Waals surface area contributed by atoms with Gasteiger partial charge in [0.15, 0.2) is 0 Å². The summed E-state index contributed by atoms with van der Waals surface area (Å²) < 4.78 is 0. The Labute approximate surface area is 166 Å². The third-order valence-corrected chi connectivity index (χ3v) is 5.01. The first-order valence-electron chi connectivity index (χ1n) is 9.76. The summed E-state index contributed by atoms with van der Waals surface area (Å²) in [5, 5.41) is 5.75. The molecule has 0 spiro atoms. The molecule has 2 N–H and O–H groups in total. The first-order valence-corrected chi connectivity index (χ1v) is 9.76. The molecular formula is C22H28N4O2. The molecule has 28 heavy (non-hydrogen) atoms. The predicted molar refractivity (Wildman–Crippen MR) is 114 cm³/mol. The van der Waals surface area contributed by atoms with Gasteiger partial charge in [0, 0.05) is 44.2 Å². The molecule has 0 radical (unpaired) electrons. The van der Waals surface area contributed by atoms with Crippen LogP contribution in [0.15, 0.2) is 42.5 Å². The van der Waals surface area contributed by atoms with Gasteiger partial charge < -0.3 is 20.4 Å². The Morgan fingerprint density at radius 1 is 1.04 bits per heavy atom. The van der Waals surface area contributed by atoms with Crippen molar-refractivity contribution in [1.29, 1.82) is 0 Å². The molecule has 0 unspecified atom stereocenters. The van der Waals surface area contributed by atoms with Crippen molar-refractivity contribution in [1.82, 2.24) is 4.90 Å². The third kappa shape index (κ3) is 4.44. The number of hydrogen-bond donors (Lipinski definition) is 2. The summed E-state index contributed by atoms with van der Waals surface area (Å²) in [6, 6.07) is 12.9. The van der Waals surface area contributed by atoms with Crippen LogP contribution in [0.4, 0.5) is 21.9 Å². The first-order chi connectivity index (χ1) is 13.5. The Kier molecular flexibility index (Phi) is 6.19. The molecule has 3 rings (SSSR count). The lowest BCUT2D eigenvalue weighted by atomic mass is 10.1. The summed E-state index contributed by atoms with van der Waals surface area (Å²) in [6.45, 7) is 3.63. The number of benzene rings is 2. The van der Waals surface area contributed by atoms with Gasteiger partial charge in [-0.25, -0.2) is 4.79 Å². The van der Waals surface area contributed by atoms with Gasteiger partial charge in [0.2, 0.25) is 0 Å². The van der Waals surface area contributed by atoms with Gasteiger partial charge in [-0.2, -0.15) is 0 Å². The Hall–Kier alpha value is -3.02. The largest absolute Gasteiger partial charge is 0.377 e. The van der Waals surface area contributed by atoms with Crippen molar-refractivity contribution in [2.75, 3.05) is 42.7 Å². The van der Waals surface area contributed by atoms with Crippen LogP contribution in [0.1, 0.15) is 35.7 Å². The number of amides is 3. The average molecular weight is 380 g/mol. The molecule has 0 saturated carbocycles. The van der Waals surface area contributed by atoms with Crippen molar-refractivity contribution in [2.24, 2.45) is 0 Å². The fraction of sp³-hybridized carbons (Fsp3) is 0.364. The molecule has 0 atom stereocenters. The second kappa shape index (κ2) is 8.78. The number of rotatable bonds is 5. The maximum Gasteiger partial charge on any atom is 0.323 e. The molecule has 1 aliphatic heterocycles. The van der Waals surface area contributed by atoms with E-state index in [2.05, 4.69) is 17.6 Å². The lowest BCUT2D eigenvalue weighted by Crippen LogP contribution is -2.29. The van der Waals surface area contributed by atoms with E-state index in [-0.39, 0.29) is 11.9 Å². The maximum atomic E-state index is 13.0. The Balaban J connectivity index is 1.79. The van der Waals surface area contributed by atoms with Crippen molar-refractivity contribution < 1.29 is 9.59 Å². The van der Waals surface area contributed by atoms with Crippen molar-refractivity contribution in [3.63, 3.8) is 0 Å². The van der Waals surface area contributed by atoms with Gasteiger partial charge in [0.1, 0.15) is 0 Å². The maximum absolute atomic E-state index is 13.0. The van der Waals surface area contributed by atoms with Gasteiger partial charge in [-0.3, -0.25) is 4.79 Å². The Morgan fingerprint density at radius 2 is 1.75 bits per heavy atom. The van der Waals surface area contributed by atoms with E-state index in [1.54, 1.807) is 6.07 Å². The van der Waals surface area contributed by atoms with Crippen LogP contribution in [0.5, 0.6) is 0 Å². The SMILES string of the molecule is CCc1ccccc1NC(=O)Nc1ccc(N(C)C)c(C(=O)N2CCCC2)c1. The van der Waals surface area contributed by atoms with E-state index >= 15 is 0 Å². The number of hydrogen-bond acceptors (Lipinski definition) is 3. The summed E-state index contributed by atoms with van der Waals surface area (Å²) in [4.78, 5) is 29.2. The van der Waals surface area contributed by atoms with Crippen LogP contribution in [-0.4, -0.2) is 44.0 Å². The van der Waals surface area contributed by atoms with E-state index in [1.807, 2.05) is 60.3 Å². The number of likely N-dealkylation sites (tertiary alicyclic amines) is 1. The second-order valence-electron chi connectivity index (χ2n) is 7.22. The lowest BCUT2D eigenvalue weighted by molar-refractivity contribution is 0.0793. The van der Waals surface area contributed by atoms with Crippen LogP contribution in [-0.2, 0) is 6.42 Å². The normalized spacial score (nSPS) is 13.3. The highest BCUT2D eigenvalue weighted by Crippen LogP contribution is 2.26. The summed E-state index contributed by atoms with van der Waals surface area (Å²) in [6.07, 6.45) is 2.92. The molecule has 148 valence electrons. The van der Waals surface area contributed by atoms with Crippen molar-refractivity contribution in [3.8, 4) is 0 Å². The van der Waals surface area contributed by atoms with Crippen LogP contribution < -0.4 is 15.5 Å². The fourth-order valence-electron chi connectivity index (χ4n) is 3.50. The zero-order valence-corrected chi connectivity index (χ0v) is 16.8. The third-order valence-electron chi connectivity index (χ3n) is 5.01. The zero-order chi connectivity index (χ0) is 20.1. The molecule has 0 aromatic heterocycles. The van der Waals surface area contributed by atoms with Crippen molar-refractivity contribution in [3.05, 3.63) is 53.6 Å². The number of nitrogens with zero attached hydrogens (tertiary/aromatic N) is 2. The van der Waals surface area contributed by atoms with Gasteiger partial charge in [0.05, 0.1) is 5.56 Å². The molecule has 3 amide bonds. The van der Waals surface area contributed by atoms with Crippen LogP contribution in [0, 0.1) is 0 Å². The van der Waals surface area contributed by atoms with Crippen LogP contribution in [0.3, 0.4) is 0 Å². The number of anilines is 3. The summed E-state index contributed by atoms with van der Waals surface area (Å²) in [5.41, 5.74) is 3.92. The van der Waals surface area contributed by atoms with Crippen LogP contribution >= 0.6 is 0 Å². The van der Waals surface area contributed by atoms with E-state index in [0.717, 1.165) is 49.3 Å². The van der Waals surface area contributed by atoms with E-state index in [4.69, 9.17) is 0 Å². The lowest BCUT2D eigenvalue weighted by Gasteiger charge is -2.22. The molecule has 2 aromatic rings. The molecule has 0 bridgehead atoms. The minimum atomic E-state index is -0.321. The highest BCUT2D eigenvalue weighted by Gasteiger charge is 2.23. The van der Waals surface area contributed by atoms with Crippen molar-refractivity contribution >= 4 is 29.0 Å². The first kappa shape index (κ1) is 19.7. The number of carbonyl (C=O) groups excluding carboxylic acids is 2. The van der Waals surface area contributed by atoms with Crippen molar-refractivity contribution in [2.45, 2.75) is 26.2 Å². The quantitative estimate of drug-likeness (QED) is 0.817. The number of aryl methyl sites for hydroxylation is 1. The van der Waals surface area contributed by atoms with Gasteiger partial charge in [0.25, 0.3) is 5.91 Å². The molecular weight excluding hydrogens is 352 g/mol. The molecule has 1 heterocycles. The molecule has 2 aromatic carbocycles.